The summed E-state index contributed by atoms with van der Waals surface area (Å²) >= 11 is 0. The summed E-state index contributed by atoms with van der Waals surface area (Å²) in [6.07, 6.45) is 0.0477. The van der Waals surface area contributed by atoms with Gasteiger partial charge in [0.2, 0.25) is 0 Å². The number of nitrogens with one attached hydrogen (secondary N) is 3. The second-order valence-electron chi connectivity index (χ2n) is 10.6. The Balaban J connectivity index is 0.000000192. The summed E-state index contributed by atoms with van der Waals surface area (Å²) in [6.45, 7) is 8.35. The maximum absolute atomic E-state index is 11.9. The summed E-state index contributed by atoms with van der Waals surface area (Å²) < 4.78 is 3.39. The number of aromatic amines is 2. The zero-order chi connectivity index (χ0) is 28.4. The number of rotatable bonds is 2. The zero-order valence-corrected chi connectivity index (χ0v) is 22.8. The molecular weight excluding hydrogens is 512 g/mol. The van der Waals surface area contributed by atoms with Crippen LogP contribution in [-0.4, -0.2) is 53.2 Å². The van der Waals surface area contributed by atoms with Crippen molar-refractivity contribution < 1.29 is 15.0 Å². The SMILES string of the molecule is C.CC(C)=O.CC(C)NC1CCn2c(=O)[nH]c3cccc(c32)C1O.NC1CCn2c(=O)[nH]c3cccc(c32)C1O. The molecule has 0 fully saturated rings. The number of aryl methyl sites for hydroxylation is 2. The Morgan fingerprint density at radius 1 is 0.900 bits per heavy atom. The highest BCUT2D eigenvalue weighted by Gasteiger charge is 2.28. The molecule has 2 aromatic heterocycles. The van der Waals surface area contributed by atoms with Crippen LogP contribution in [0.5, 0.6) is 0 Å². The van der Waals surface area contributed by atoms with Crippen molar-refractivity contribution >= 4 is 27.9 Å². The lowest BCUT2D eigenvalue weighted by atomic mass is 9.99. The van der Waals surface area contributed by atoms with E-state index in [-0.39, 0.29) is 36.7 Å². The van der Waals surface area contributed by atoms with Gasteiger partial charge in [-0.1, -0.05) is 45.5 Å². The average molecular weight is 555 g/mol. The Bertz CT molecular complexity index is 1580. The number of ketones is 1. The van der Waals surface area contributed by atoms with Crippen molar-refractivity contribution in [2.45, 2.75) is 91.4 Å². The van der Waals surface area contributed by atoms with Gasteiger partial charge in [0.1, 0.15) is 5.78 Å². The normalized spacial score (nSPS) is 21.4. The van der Waals surface area contributed by atoms with Crippen molar-refractivity contribution in [3.63, 3.8) is 0 Å². The van der Waals surface area contributed by atoms with Crippen LogP contribution in [0.25, 0.3) is 22.1 Å². The van der Waals surface area contributed by atoms with E-state index in [1.54, 1.807) is 9.13 Å². The first-order valence-corrected chi connectivity index (χ1v) is 13.3. The molecule has 0 spiro atoms. The van der Waals surface area contributed by atoms with Crippen molar-refractivity contribution in [1.29, 1.82) is 0 Å². The van der Waals surface area contributed by atoms with E-state index >= 15 is 0 Å². The van der Waals surface area contributed by atoms with Crippen LogP contribution in [0.3, 0.4) is 0 Å². The molecule has 0 saturated heterocycles. The molecule has 0 radical (unpaired) electrons. The topological polar surface area (TPSA) is 171 Å². The number of Topliss-reactive ketones (excluding diaryl/α,β-unsaturated/α-hetero) is 1. The lowest BCUT2D eigenvalue weighted by molar-refractivity contribution is -0.115. The van der Waals surface area contributed by atoms with Gasteiger partial charge in [0.15, 0.2) is 0 Å². The first kappa shape index (κ1) is 31.0. The number of nitrogens with two attached hydrogens (primary N) is 1. The molecule has 4 aromatic rings. The van der Waals surface area contributed by atoms with Gasteiger partial charge in [-0.2, -0.15) is 0 Å². The van der Waals surface area contributed by atoms with Crippen LogP contribution in [0.2, 0.25) is 0 Å². The molecule has 2 aromatic carbocycles. The van der Waals surface area contributed by atoms with Gasteiger partial charge in [-0.3, -0.25) is 9.13 Å². The van der Waals surface area contributed by atoms with Gasteiger partial charge in [0, 0.05) is 42.3 Å². The van der Waals surface area contributed by atoms with Crippen molar-refractivity contribution in [2.75, 3.05) is 0 Å². The lowest BCUT2D eigenvalue weighted by Gasteiger charge is -2.24. The van der Waals surface area contributed by atoms with Crippen LogP contribution < -0.4 is 22.4 Å². The monoisotopic (exact) mass is 554 g/mol. The highest BCUT2D eigenvalue weighted by atomic mass is 16.3. The first-order valence-electron chi connectivity index (χ1n) is 13.3. The van der Waals surface area contributed by atoms with Gasteiger partial charge >= 0.3 is 11.4 Å². The Hall–Kier alpha value is -3.51. The number of aromatic nitrogens is 4. The molecule has 2 aliphatic rings. The predicted molar refractivity (Wildman–Crippen MR) is 157 cm³/mol. The van der Waals surface area contributed by atoms with Crippen LogP contribution in [0.1, 0.15) is 71.3 Å². The quantitative estimate of drug-likeness (QED) is 0.221. The minimum absolute atomic E-state index is 0. The standard InChI is InChI=1S/C14H19N3O2.C11H13N3O2.C3H6O.CH4/c1-8(2)15-11-6-7-17-12-9(13(11)18)4-3-5-10(12)16-14(17)19;12-7-4-5-14-9-6(10(7)15)2-1-3-8(9)13-11(14)16;1-3(2)4;/h3-5,8,11,13,15,18H,6-7H2,1-2H3,(H,16,19);1-3,7,10,15H,4-5,12H2,(H,13,16);1-2H3;1H4. The van der Waals surface area contributed by atoms with Gasteiger partial charge in [0.25, 0.3) is 0 Å². The molecule has 0 amide bonds. The van der Waals surface area contributed by atoms with Crippen LogP contribution >= 0.6 is 0 Å². The number of imidazole rings is 2. The molecule has 2 aliphatic heterocycles. The molecule has 40 heavy (non-hydrogen) atoms. The van der Waals surface area contributed by atoms with Crippen LogP contribution in [0.15, 0.2) is 46.0 Å². The van der Waals surface area contributed by atoms with E-state index in [9.17, 15) is 24.6 Å². The van der Waals surface area contributed by atoms with Gasteiger partial charge in [0.05, 0.1) is 34.3 Å². The third-order valence-electron chi connectivity index (χ3n) is 6.97. The second kappa shape index (κ2) is 12.8. The van der Waals surface area contributed by atoms with Crippen LogP contribution in [0.4, 0.5) is 0 Å². The maximum Gasteiger partial charge on any atom is 0.326 e. The Morgan fingerprint density at radius 2 is 1.35 bits per heavy atom. The summed E-state index contributed by atoms with van der Waals surface area (Å²) in [5.74, 6) is 0.167. The fourth-order valence-electron chi connectivity index (χ4n) is 5.31. The summed E-state index contributed by atoms with van der Waals surface area (Å²) in [5.41, 5.74) is 10.4. The number of H-pyrrole nitrogens is 2. The van der Waals surface area contributed by atoms with E-state index in [0.717, 1.165) is 39.6 Å². The number of para-hydroxylation sites is 2. The predicted octanol–water partition coefficient (Wildman–Crippen LogP) is 2.46. The van der Waals surface area contributed by atoms with Gasteiger partial charge in [-0.05, 0) is 38.8 Å². The fourth-order valence-corrected chi connectivity index (χ4v) is 5.31. The van der Waals surface area contributed by atoms with E-state index < -0.39 is 12.2 Å². The summed E-state index contributed by atoms with van der Waals surface area (Å²) in [6, 6.07) is 11.1. The van der Waals surface area contributed by atoms with E-state index in [1.807, 2.05) is 36.4 Å². The number of carbonyl (C=O) groups is 1. The zero-order valence-electron chi connectivity index (χ0n) is 22.8. The average Bonchev–Trinajstić information content (AvgIpc) is 3.28. The third kappa shape index (κ3) is 6.28. The van der Waals surface area contributed by atoms with E-state index in [2.05, 4.69) is 29.1 Å². The number of aliphatic hydroxyl groups excluding tert-OH is 2. The minimum Gasteiger partial charge on any atom is -0.387 e. The third-order valence-corrected chi connectivity index (χ3v) is 6.97. The molecule has 4 heterocycles. The number of hydrogen-bond donors (Lipinski definition) is 6. The molecule has 4 unspecified atom stereocenters. The molecule has 0 saturated carbocycles. The first-order chi connectivity index (χ1) is 18.5. The van der Waals surface area contributed by atoms with E-state index in [4.69, 9.17) is 5.73 Å². The maximum atomic E-state index is 11.9. The summed E-state index contributed by atoms with van der Waals surface area (Å²) in [7, 11) is 0. The molecule has 4 atom stereocenters. The Morgan fingerprint density at radius 3 is 1.82 bits per heavy atom. The number of carbonyl (C=O) groups excluding carboxylic acids is 1. The molecule has 11 heteroatoms. The minimum atomic E-state index is -0.701. The number of nitrogens with zero attached hydrogens (tertiary/aromatic N) is 2. The highest BCUT2D eigenvalue weighted by Crippen LogP contribution is 2.30. The second-order valence-corrected chi connectivity index (χ2v) is 10.6. The molecule has 11 nitrogen and oxygen atoms in total. The molecule has 218 valence electrons. The van der Waals surface area contributed by atoms with Crippen molar-refractivity contribution in [3.05, 3.63) is 68.5 Å². The van der Waals surface area contributed by atoms with E-state index in [1.165, 1.54) is 13.8 Å². The van der Waals surface area contributed by atoms with Crippen LogP contribution in [0, 0.1) is 0 Å². The molecular formula is C29H42N6O5. The van der Waals surface area contributed by atoms with Crippen molar-refractivity contribution in [3.8, 4) is 0 Å². The van der Waals surface area contributed by atoms with Gasteiger partial charge in [-0.15, -0.1) is 0 Å². The molecule has 7 N–H and O–H groups in total. The molecule has 0 bridgehead atoms. The van der Waals surface area contributed by atoms with E-state index in [0.29, 0.717) is 25.6 Å². The van der Waals surface area contributed by atoms with Gasteiger partial charge < -0.3 is 36.0 Å². The number of aliphatic hydroxyl groups is 2. The Kier molecular flexibility index (Phi) is 9.91. The van der Waals surface area contributed by atoms with Crippen LogP contribution in [-0.2, 0) is 17.9 Å². The smallest absolute Gasteiger partial charge is 0.326 e. The van der Waals surface area contributed by atoms with Crippen molar-refractivity contribution in [1.82, 2.24) is 24.4 Å². The highest BCUT2D eigenvalue weighted by molar-refractivity contribution is 5.80. The number of benzene rings is 2. The van der Waals surface area contributed by atoms with Crippen molar-refractivity contribution in [2.24, 2.45) is 5.73 Å². The number of hydrogen-bond acceptors (Lipinski definition) is 7. The Labute approximate surface area is 233 Å². The summed E-state index contributed by atoms with van der Waals surface area (Å²) in [5, 5.41) is 24.0. The largest absolute Gasteiger partial charge is 0.387 e. The summed E-state index contributed by atoms with van der Waals surface area (Å²) in [4.78, 5) is 38.7. The molecule has 6 rings (SSSR count). The lowest BCUT2D eigenvalue weighted by Crippen LogP contribution is -2.39. The molecule has 0 aliphatic carbocycles. The van der Waals surface area contributed by atoms with Gasteiger partial charge in [-0.25, -0.2) is 9.59 Å². The fraction of sp³-hybridized carbons (Fsp3) is 0.483.